The van der Waals surface area contributed by atoms with Crippen LogP contribution in [-0.4, -0.2) is 19.0 Å². The molecule has 2 heterocycles. The van der Waals surface area contributed by atoms with Gasteiger partial charge in [0, 0.05) is 13.1 Å². The second-order valence-corrected chi connectivity index (χ2v) is 5.47. The Morgan fingerprint density at radius 1 is 1.14 bits per heavy atom. The van der Waals surface area contributed by atoms with Gasteiger partial charge in [0.25, 0.3) is 5.91 Å². The zero-order valence-electron chi connectivity index (χ0n) is 11.6. The van der Waals surface area contributed by atoms with Crippen LogP contribution in [0, 0.1) is 0 Å². The summed E-state index contributed by atoms with van der Waals surface area (Å²) in [6.07, 6.45) is 5.06. The van der Waals surface area contributed by atoms with E-state index in [-0.39, 0.29) is 11.1 Å². The lowest BCUT2D eigenvalue weighted by atomic mass is 10.1. The molecule has 1 aromatic carbocycles. The quantitative estimate of drug-likeness (QED) is 0.925. The standard InChI is InChI=1S/C16H17ClN2O2/c17-15-12(8-11-21-15)16(20)18-13-6-2-3-7-14(13)19-9-4-1-5-10-19/h2-3,6-8,11H,1,4-5,9-10H2,(H,18,20). The number of rotatable bonds is 3. The van der Waals surface area contributed by atoms with E-state index in [0.717, 1.165) is 24.5 Å². The molecule has 0 aliphatic carbocycles. The van der Waals surface area contributed by atoms with Crippen molar-refractivity contribution in [3.63, 3.8) is 0 Å². The van der Waals surface area contributed by atoms with Crippen molar-refractivity contribution in [3.05, 3.63) is 47.4 Å². The van der Waals surface area contributed by atoms with Gasteiger partial charge in [-0.3, -0.25) is 4.79 Å². The first-order valence-corrected chi connectivity index (χ1v) is 7.52. The Hall–Kier alpha value is -1.94. The highest BCUT2D eigenvalue weighted by Gasteiger charge is 2.18. The van der Waals surface area contributed by atoms with E-state index < -0.39 is 0 Å². The van der Waals surface area contributed by atoms with E-state index in [0.29, 0.717) is 5.56 Å². The lowest BCUT2D eigenvalue weighted by molar-refractivity contribution is 0.102. The molecule has 1 fully saturated rings. The van der Waals surface area contributed by atoms with Crippen LogP contribution >= 0.6 is 11.6 Å². The van der Waals surface area contributed by atoms with Crippen molar-refractivity contribution in [2.45, 2.75) is 19.3 Å². The minimum atomic E-state index is -0.252. The highest BCUT2D eigenvalue weighted by molar-refractivity contribution is 6.32. The van der Waals surface area contributed by atoms with Gasteiger partial charge in [-0.1, -0.05) is 12.1 Å². The number of furan rings is 1. The Bertz CT molecular complexity index is 633. The van der Waals surface area contributed by atoms with Crippen LogP contribution in [0.15, 0.2) is 41.0 Å². The number of piperidine rings is 1. The van der Waals surface area contributed by atoms with Gasteiger partial charge in [0.15, 0.2) is 0 Å². The van der Waals surface area contributed by atoms with E-state index in [1.54, 1.807) is 6.07 Å². The molecule has 1 aliphatic heterocycles. The molecule has 110 valence electrons. The normalized spacial score (nSPS) is 15.0. The first kappa shape index (κ1) is 14.0. The lowest BCUT2D eigenvalue weighted by Crippen LogP contribution is -2.30. The molecule has 2 aromatic rings. The van der Waals surface area contributed by atoms with E-state index in [1.165, 1.54) is 25.5 Å². The Morgan fingerprint density at radius 2 is 1.90 bits per heavy atom. The minimum Gasteiger partial charge on any atom is -0.452 e. The maximum absolute atomic E-state index is 12.3. The van der Waals surface area contributed by atoms with Crippen LogP contribution in [0.3, 0.4) is 0 Å². The van der Waals surface area contributed by atoms with Gasteiger partial charge in [-0.15, -0.1) is 0 Å². The molecule has 1 aromatic heterocycles. The fourth-order valence-corrected chi connectivity index (χ4v) is 2.84. The zero-order chi connectivity index (χ0) is 14.7. The van der Waals surface area contributed by atoms with Crippen LogP contribution in [0.2, 0.25) is 5.22 Å². The number of nitrogens with zero attached hydrogens (tertiary/aromatic N) is 1. The van der Waals surface area contributed by atoms with Crippen molar-refractivity contribution < 1.29 is 9.21 Å². The van der Waals surface area contributed by atoms with Gasteiger partial charge in [0.1, 0.15) is 0 Å². The minimum absolute atomic E-state index is 0.114. The molecule has 0 radical (unpaired) electrons. The lowest BCUT2D eigenvalue weighted by Gasteiger charge is -2.30. The number of amides is 1. The summed E-state index contributed by atoms with van der Waals surface area (Å²) in [6.45, 7) is 2.05. The first-order chi connectivity index (χ1) is 10.3. The fourth-order valence-electron chi connectivity index (χ4n) is 2.64. The third-order valence-electron chi connectivity index (χ3n) is 3.71. The smallest absolute Gasteiger partial charge is 0.260 e. The summed E-state index contributed by atoms with van der Waals surface area (Å²) in [7, 11) is 0. The topological polar surface area (TPSA) is 45.5 Å². The number of hydrogen-bond donors (Lipinski definition) is 1. The number of para-hydroxylation sites is 2. The molecule has 1 amide bonds. The summed E-state index contributed by atoms with van der Waals surface area (Å²) in [5.41, 5.74) is 2.22. The van der Waals surface area contributed by atoms with Crippen molar-refractivity contribution >= 4 is 28.9 Å². The number of halogens is 1. The number of carbonyl (C=O) groups excluding carboxylic acids is 1. The van der Waals surface area contributed by atoms with Gasteiger partial charge in [-0.25, -0.2) is 0 Å². The Balaban J connectivity index is 1.82. The Morgan fingerprint density at radius 3 is 2.62 bits per heavy atom. The van der Waals surface area contributed by atoms with Gasteiger partial charge in [-0.2, -0.15) is 0 Å². The van der Waals surface area contributed by atoms with Gasteiger partial charge in [0.05, 0.1) is 23.2 Å². The van der Waals surface area contributed by atoms with Crippen LogP contribution < -0.4 is 10.2 Å². The van der Waals surface area contributed by atoms with Crippen molar-refractivity contribution in [1.82, 2.24) is 0 Å². The van der Waals surface area contributed by atoms with Crippen LogP contribution in [0.4, 0.5) is 11.4 Å². The molecule has 1 aliphatic rings. The number of anilines is 2. The van der Waals surface area contributed by atoms with Gasteiger partial charge in [0.2, 0.25) is 5.22 Å². The van der Waals surface area contributed by atoms with E-state index >= 15 is 0 Å². The average Bonchev–Trinajstić information content (AvgIpc) is 2.95. The van der Waals surface area contributed by atoms with E-state index in [4.69, 9.17) is 16.0 Å². The summed E-state index contributed by atoms with van der Waals surface area (Å²) >= 11 is 5.85. The highest BCUT2D eigenvalue weighted by atomic mass is 35.5. The monoisotopic (exact) mass is 304 g/mol. The second kappa shape index (κ2) is 6.22. The molecule has 0 unspecified atom stereocenters. The summed E-state index contributed by atoms with van der Waals surface area (Å²) < 4.78 is 4.96. The molecule has 0 spiro atoms. The maximum atomic E-state index is 12.3. The molecule has 3 rings (SSSR count). The molecule has 1 N–H and O–H groups in total. The predicted octanol–water partition coefficient (Wildman–Crippen LogP) is 4.18. The summed E-state index contributed by atoms with van der Waals surface area (Å²) in [6, 6.07) is 9.43. The molecule has 0 bridgehead atoms. The average molecular weight is 305 g/mol. The second-order valence-electron chi connectivity index (χ2n) is 5.13. The molecular weight excluding hydrogens is 288 g/mol. The van der Waals surface area contributed by atoms with Crippen LogP contribution in [0.1, 0.15) is 29.6 Å². The van der Waals surface area contributed by atoms with E-state index in [9.17, 15) is 4.79 Å². The molecule has 0 saturated carbocycles. The molecule has 1 saturated heterocycles. The summed E-state index contributed by atoms with van der Waals surface area (Å²) in [4.78, 5) is 14.6. The molecule has 4 nitrogen and oxygen atoms in total. The molecule has 0 atom stereocenters. The number of hydrogen-bond acceptors (Lipinski definition) is 3. The number of benzene rings is 1. The van der Waals surface area contributed by atoms with Crippen molar-refractivity contribution in [2.75, 3.05) is 23.3 Å². The predicted molar refractivity (Wildman–Crippen MR) is 84.2 cm³/mol. The van der Waals surface area contributed by atoms with Gasteiger partial charge < -0.3 is 14.6 Å². The third-order valence-corrected chi connectivity index (χ3v) is 4.00. The number of nitrogens with one attached hydrogen (secondary N) is 1. The third kappa shape index (κ3) is 3.05. The van der Waals surface area contributed by atoms with E-state index in [1.807, 2.05) is 24.3 Å². The van der Waals surface area contributed by atoms with Crippen molar-refractivity contribution in [3.8, 4) is 0 Å². The number of carbonyl (C=O) groups is 1. The maximum Gasteiger partial charge on any atom is 0.260 e. The van der Waals surface area contributed by atoms with Crippen LogP contribution in [0.25, 0.3) is 0 Å². The van der Waals surface area contributed by atoms with Gasteiger partial charge >= 0.3 is 0 Å². The van der Waals surface area contributed by atoms with E-state index in [2.05, 4.69) is 10.2 Å². The van der Waals surface area contributed by atoms with Gasteiger partial charge in [-0.05, 0) is 49.1 Å². The molecule has 5 heteroatoms. The molecular formula is C16H17ClN2O2. The first-order valence-electron chi connectivity index (χ1n) is 7.14. The highest BCUT2D eigenvalue weighted by Crippen LogP contribution is 2.29. The zero-order valence-corrected chi connectivity index (χ0v) is 12.4. The largest absolute Gasteiger partial charge is 0.452 e. The molecule has 21 heavy (non-hydrogen) atoms. The fraction of sp³-hybridized carbons (Fsp3) is 0.312. The SMILES string of the molecule is O=C(Nc1ccccc1N1CCCCC1)c1ccoc1Cl. The van der Waals surface area contributed by atoms with Crippen LogP contribution in [0.5, 0.6) is 0 Å². The summed E-state index contributed by atoms with van der Waals surface area (Å²) in [5.74, 6) is -0.252. The Kier molecular flexibility index (Phi) is 4.15. The van der Waals surface area contributed by atoms with Crippen molar-refractivity contribution in [1.29, 1.82) is 0 Å². The Labute approximate surface area is 128 Å². The van der Waals surface area contributed by atoms with Crippen LogP contribution in [-0.2, 0) is 0 Å². The summed E-state index contributed by atoms with van der Waals surface area (Å²) in [5, 5.41) is 3.04. The van der Waals surface area contributed by atoms with Crippen molar-refractivity contribution in [2.24, 2.45) is 0 Å².